The summed E-state index contributed by atoms with van der Waals surface area (Å²) in [5.41, 5.74) is -1.77. The van der Waals surface area contributed by atoms with Gasteiger partial charge < -0.3 is 4.74 Å². The normalized spacial score (nSPS) is 20.7. The first kappa shape index (κ1) is 16.1. The molecule has 6 heteroatoms. The van der Waals surface area contributed by atoms with Crippen LogP contribution in [0.15, 0.2) is 22.7 Å². The number of carbonyl (C=O) groups is 2. The van der Waals surface area contributed by atoms with Crippen LogP contribution in [-0.2, 0) is 16.0 Å². The van der Waals surface area contributed by atoms with Crippen LogP contribution in [-0.4, -0.2) is 24.8 Å². The van der Waals surface area contributed by atoms with Crippen molar-refractivity contribution < 1.29 is 23.1 Å². The third kappa shape index (κ3) is 2.73. The van der Waals surface area contributed by atoms with E-state index in [1.165, 1.54) is 6.07 Å². The van der Waals surface area contributed by atoms with Crippen molar-refractivity contribution in [1.82, 2.24) is 0 Å². The molecule has 0 bridgehead atoms. The highest BCUT2D eigenvalue weighted by Gasteiger charge is 2.59. The molecule has 0 spiro atoms. The van der Waals surface area contributed by atoms with E-state index in [0.717, 1.165) is 6.42 Å². The number of ketones is 1. The van der Waals surface area contributed by atoms with E-state index >= 15 is 0 Å². The summed E-state index contributed by atoms with van der Waals surface area (Å²) < 4.78 is 32.6. The first-order chi connectivity index (χ1) is 9.93. The zero-order chi connectivity index (χ0) is 15.6. The zero-order valence-corrected chi connectivity index (χ0v) is 13.1. The third-order valence-corrected chi connectivity index (χ3v) is 4.15. The second-order valence-electron chi connectivity index (χ2n) is 5.07. The van der Waals surface area contributed by atoms with E-state index < -0.39 is 23.6 Å². The first-order valence-electron chi connectivity index (χ1n) is 6.72. The number of Topliss-reactive ketones (excluding diaryl/α,β-unsaturated/α-hetero) is 1. The van der Waals surface area contributed by atoms with Gasteiger partial charge in [-0.25, -0.2) is 8.78 Å². The van der Waals surface area contributed by atoms with Gasteiger partial charge in [0.05, 0.1) is 6.61 Å². The predicted molar refractivity (Wildman–Crippen MR) is 76.5 cm³/mol. The van der Waals surface area contributed by atoms with Gasteiger partial charge in [-0.05, 0) is 24.1 Å². The predicted octanol–water partition coefficient (Wildman–Crippen LogP) is 3.78. The molecule has 1 aliphatic carbocycles. The van der Waals surface area contributed by atoms with Gasteiger partial charge in [-0.15, -0.1) is 0 Å². The molecule has 1 aromatic carbocycles. The molecule has 1 unspecified atom stereocenters. The molecule has 0 amide bonds. The average molecular weight is 361 g/mol. The lowest BCUT2D eigenvalue weighted by Gasteiger charge is -2.24. The van der Waals surface area contributed by atoms with Crippen LogP contribution in [0.4, 0.5) is 8.78 Å². The molecule has 0 aromatic heterocycles. The molecule has 1 aromatic rings. The molecule has 21 heavy (non-hydrogen) atoms. The van der Waals surface area contributed by atoms with E-state index in [0.29, 0.717) is 16.5 Å². The highest BCUT2D eigenvalue weighted by molar-refractivity contribution is 9.10. The molecule has 114 valence electrons. The van der Waals surface area contributed by atoms with Crippen LogP contribution in [0, 0.1) is 5.41 Å². The van der Waals surface area contributed by atoms with Crippen molar-refractivity contribution in [3.05, 3.63) is 33.8 Å². The summed E-state index contributed by atoms with van der Waals surface area (Å²) in [6.45, 7) is 1.95. The van der Waals surface area contributed by atoms with E-state index in [1.807, 2.05) is 6.92 Å². The fraction of sp³-hybridized carbons (Fsp3) is 0.467. The molecule has 2 rings (SSSR count). The largest absolute Gasteiger partial charge is 0.465 e. The summed E-state index contributed by atoms with van der Waals surface area (Å²) in [4.78, 5) is 24.5. The summed E-state index contributed by atoms with van der Waals surface area (Å²) in [7, 11) is 0. The Balaban J connectivity index is 2.33. The highest BCUT2D eigenvalue weighted by Crippen LogP contribution is 2.43. The molecular formula is C15H15BrF2O3. The molecule has 3 nitrogen and oxygen atoms in total. The smallest absolute Gasteiger partial charge is 0.326 e. The van der Waals surface area contributed by atoms with Gasteiger partial charge in [-0.1, -0.05) is 35.3 Å². The van der Waals surface area contributed by atoms with Gasteiger partial charge in [0.2, 0.25) is 0 Å². The number of ether oxygens (including phenoxy) is 1. The van der Waals surface area contributed by atoms with Gasteiger partial charge in [0, 0.05) is 16.5 Å². The van der Waals surface area contributed by atoms with E-state index in [-0.39, 0.29) is 18.6 Å². The lowest BCUT2D eigenvalue weighted by atomic mass is 9.84. The Bertz CT molecular complexity index is 574. The Morgan fingerprint density at radius 2 is 2.19 bits per heavy atom. The number of fused-ring (bicyclic) bond motifs is 1. The molecule has 0 heterocycles. The molecular weight excluding hydrogens is 346 g/mol. The Labute approximate surface area is 129 Å². The lowest BCUT2D eigenvalue weighted by molar-refractivity contribution is -0.160. The minimum atomic E-state index is -3.09. The zero-order valence-electron chi connectivity index (χ0n) is 11.5. The van der Waals surface area contributed by atoms with Gasteiger partial charge in [-0.3, -0.25) is 9.59 Å². The Hall–Kier alpha value is -1.30. The van der Waals surface area contributed by atoms with Crippen molar-refractivity contribution in [2.24, 2.45) is 5.41 Å². The molecule has 1 aliphatic rings. The Morgan fingerprint density at radius 3 is 2.81 bits per heavy atom. The number of unbranched alkanes of at least 4 members (excludes halogenated alkanes) is 1. The number of rotatable bonds is 5. The topological polar surface area (TPSA) is 43.4 Å². The van der Waals surface area contributed by atoms with Gasteiger partial charge in [0.15, 0.2) is 11.2 Å². The summed E-state index contributed by atoms with van der Waals surface area (Å²) in [5.74, 6) is -1.97. The van der Waals surface area contributed by atoms with Crippen molar-refractivity contribution in [1.29, 1.82) is 0 Å². The maximum atomic E-state index is 13.5. The van der Waals surface area contributed by atoms with Crippen molar-refractivity contribution in [3.63, 3.8) is 0 Å². The number of alkyl halides is 2. The second kappa shape index (κ2) is 6.22. The average Bonchev–Trinajstić information content (AvgIpc) is 2.73. The molecule has 0 radical (unpaired) electrons. The third-order valence-electron chi connectivity index (χ3n) is 3.66. The number of hydrogen-bond acceptors (Lipinski definition) is 3. The van der Waals surface area contributed by atoms with Crippen molar-refractivity contribution in [2.75, 3.05) is 6.61 Å². The van der Waals surface area contributed by atoms with Gasteiger partial charge in [0.1, 0.15) is 0 Å². The minimum Gasteiger partial charge on any atom is -0.465 e. The molecule has 0 fully saturated rings. The standard InChI is InChI=1S/C15H15BrF2O3/c1-2-3-6-21-14(20)15(13(17)18)8-9-4-5-10(16)7-11(9)12(15)19/h4-5,7,13H,2-3,6,8H2,1H3. The number of carbonyl (C=O) groups excluding carboxylic acids is 2. The molecule has 0 aliphatic heterocycles. The van der Waals surface area contributed by atoms with Gasteiger partial charge in [-0.2, -0.15) is 0 Å². The van der Waals surface area contributed by atoms with Crippen LogP contribution in [0.2, 0.25) is 0 Å². The number of esters is 1. The quantitative estimate of drug-likeness (QED) is 0.455. The van der Waals surface area contributed by atoms with Crippen LogP contribution in [0.1, 0.15) is 35.7 Å². The molecule has 0 N–H and O–H groups in total. The second-order valence-corrected chi connectivity index (χ2v) is 5.98. The summed E-state index contributed by atoms with van der Waals surface area (Å²) in [6.07, 6.45) is -2.05. The van der Waals surface area contributed by atoms with Crippen LogP contribution < -0.4 is 0 Å². The van der Waals surface area contributed by atoms with E-state index in [2.05, 4.69) is 15.9 Å². The summed E-state index contributed by atoms with van der Waals surface area (Å²) >= 11 is 3.20. The monoisotopic (exact) mass is 360 g/mol. The van der Waals surface area contributed by atoms with Crippen LogP contribution in [0.25, 0.3) is 0 Å². The van der Waals surface area contributed by atoms with E-state index in [1.54, 1.807) is 12.1 Å². The Kier molecular flexibility index (Phi) is 4.76. The van der Waals surface area contributed by atoms with Crippen LogP contribution >= 0.6 is 15.9 Å². The summed E-state index contributed by atoms with van der Waals surface area (Å²) in [5, 5.41) is 0. The number of benzene rings is 1. The maximum absolute atomic E-state index is 13.5. The first-order valence-corrected chi connectivity index (χ1v) is 7.51. The highest BCUT2D eigenvalue weighted by atomic mass is 79.9. The van der Waals surface area contributed by atoms with Crippen molar-refractivity contribution in [2.45, 2.75) is 32.6 Å². The van der Waals surface area contributed by atoms with E-state index in [4.69, 9.17) is 4.74 Å². The maximum Gasteiger partial charge on any atom is 0.326 e. The molecule has 0 saturated carbocycles. The van der Waals surface area contributed by atoms with Gasteiger partial charge >= 0.3 is 5.97 Å². The number of halogens is 3. The van der Waals surface area contributed by atoms with Crippen molar-refractivity contribution >= 4 is 27.7 Å². The molecule has 0 saturated heterocycles. The van der Waals surface area contributed by atoms with Crippen molar-refractivity contribution in [3.8, 4) is 0 Å². The van der Waals surface area contributed by atoms with Gasteiger partial charge in [0.25, 0.3) is 6.43 Å². The SMILES string of the molecule is CCCCOC(=O)C1(C(F)F)Cc2ccc(Br)cc2C1=O. The lowest BCUT2D eigenvalue weighted by Crippen LogP contribution is -2.45. The number of hydrogen-bond donors (Lipinski definition) is 0. The minimum absolute atomic E-state index is 0.0527. The fourth-order valence-electron chi connectivity index (χ4n) is 2.40. The van der Waals surface area contributed by atoms with Crippen LogP contribution in [0.3, 0.4) is 0 Å². The fourth-order valence-corrected chi connectivity index (χ4v) is 2.76. The van der Waals surface area contributed by atoms with Crippen LogP contribution in [0.5, 0.6) is 0 Å². The summed E-state index contributed by atoms with van der Waals surface area (Å²) in [6, 6.07) is 4.72. The molecule has 1 atom stereocenters. The van der Waals surface area contributed by atoms with E-state index in [9.17, 15) is 18.4 Å². The Morgan fingerprint density at radius 1 is 1.48 bits per heavy atom.